The van der Waals surface area contributed by atoms with Crippen molar-refractivity contribution in [2.24, 2.45) is 0 Å². The Morgan fingerprint density at radius 2 is 2.11 bits per heavy atom. The van der Waals surface area contributed by atoms with E-state index in [1.165, 1.54) is 6.92 Å². The van der Waals surface area contributed by atoms with Crippen LogP contribution in [0.3, 0.4) is 0 Å². The third kappa shape index (κ3) is 4.05. The minimum Gasteiger partial charge on any atom is -0.462 e. The number of hydrogen-bond acceptors (Lipinski definition) is 4. The van der Waals surface area contributed by atoms with Gasteiger partial charge in [0.1, 0.15) is 11.4 Å². The van der Waals surface area contributed by atoms with Crippen molar-refractivity contribution >= 4 is 21.9 Å². The molecule has 19 heavy (non-hydrogen) atoms. The maximum atomic E-state index is 13.9. The average molecular weight is 346 g/mol. The zero-order chi connectivity index (χ0) is 14.6. The zero-order valence-corrected chi connectivity index (χ0v) is 11.1. The molecule has 0 saturated carbocycles. The quantitative estimate of drug-likeness (QED) is 0.477. The number of alkyl halides is 4. The lowest BCUT2D eigenvalue weighted by atomic mass is 10.2. The molecule has 0 amide bonds. The third-order valence-corrected chi connectivity index (χ3v) is 2.47. The number of nitrogens with zero attached hydrogens (tertiary/aromatic N) is 1. The molecule has 9 heteroatoms. The highest BCUT2D eigenvalue weighted by molar-refractivity contribution is 9.08. The number of halogens is 5. The SMILES string of the molecule is CCOC(=O)c1cnc(OC(F)(F)F)c(CBr)c1F. The van der Waals surface area contributed by atoms with Crippen LogP contribution in [0.4, 0.5) is 17.6 Å². The molecule has 0 aliphatic carbocycles. The molecule has 0 atom stereocenters. The van der Waals surface area contributed by atoms with Gasteiger partial charge in [0.05, 0.1) is 12.2 Å². The predicted octanol–water partition coefficient (Wildman–Crippen LogP) is 3.19. The van der Waals surface area contributed by atoms with E-state index in [0.717, 1.165) is 0 Å². The number of pyridine rings is 1. The molecule has 0 aliphatic rings. The molecule has 0 radical (unpaired) electrons. The summed E-state index contributed by atoms with van der Waals surface area (Å²) in [5.41, 5.74) is -1.06. The highest BCUT2D eigenvalue weighted by Crippen LogP contribution is 2.29. The molecule has 1 heterocycles. The van der Waals surface area contributed by atoms with Gasteiger partial charge in [0.25, 0.3) is 0 Å². The van der Waals surface area contributed by atoms with Gasteiger partial charge in [-0.25, -0.2) is 14.2 Å². The van der Waals surface area contributed by atoms with Crippen LogP contribution < -0.4 is 4.74 Å². The van der Waals surface area contributed by atoms with Crippen LogP contribution in [-0.4, -0.2) is 23.9 Å². The molecule has 1 rings (SSSR count). The Morgan fingerprint density at radius 1 is 1.47 bits per heavy atom. The molecule has 0 aromatic carbocycles. The summed E-state index contributed by atoms with van der Waals surface area (Å²) in [7, 11) is 0. The average Bonchev–Trinajstić information content (AvgIpc) is 2.27. The fourth-order valence-corrected chi connectivity index (χ4v) is 1.66. The van der Waals surface area contributed by atoms with E-state index in [9.17, 15) is 22.4 Å². The van der Waals surface area contributed by atoms with E-state index in [4.69, 9.17) is 0 Å². The summed E-state index contributed by atoms with van der Waals surface area (Å²) in [5, 5.41) is -0.301. The van der Waals surface area contributed by atoms with Gasteiger partial charge in [0, 0.05) is 11.5 Å². The van der Waals surface area contributed by atoms with Gasteiger partial charge in [-0.2, -0.15) is 0 Å². The van der Waals surface area contributed by atoms with E-state index in [1.54, 1.807) is 0 Å². The number of rotatable bonds is 4. The minimum absolute atomic E-state index is 0.00270. The summed E-state index contributed by atoms with van der Waals surface area (Å²) >= 11 is 2.81. The van der Waals surface area contributed by atoms with Gasteiger partial charge in [-0.3, -0.25) is 0 Å². The Balaban J connectivity index is 3.19. The smallest absolute Gasteiger partial charge is 0.462 e. The number of hydrogen-bond donors (Lipinski definition) is 0. The van der Waals surface area contributed by atoms with Gasteiger partial charge < -0.3 is 9.47 Å². The van der Waals surface area contributed by atoms with E-state index in [0.29, 0.717) is 6.20 Å². The van der Waals surface area contributed by atoms with E-state index in [2.05, 4.69) is 30.4 Å². The summed E-state index contributed by atoms with van der Waals surface area (Å²) in [6, 6.07) is 0. The lowest BCUT2D eigenvalue weighted by Gasteiger charge is -2.13. The highest BCUT2D eigenvalue weighted by atomic mass is 79.9. The molecule has 0 fully saturated rings. The Hall–Kier alpha value is -1.38. The van der Waals surface area contributed by atoms with Crippen LogP contribution in [0.15, 0.2) is 6.20 Å². The molecule has 0 N–H and O–H groups in total. The van der Waals surface area contributed by atoms with Gasteiger partial charge in [-0.15, -0.1) is 13.2 Å². The second kappa shape index (κ2) is 6.18. The summed E-state index contributed by atoms with van der Waals surface area (Å²) in [5.74, 6) is -3.12. The molecule has 1 aromatic heterocycles. The lowest BCUT2D eigenvalue weighted by molar-refractivity contribution is -0.276. The van der Waals surface area contributed by atoms with Crippen molar-refractivity contribution in [3.05, 3.63) is 23.1 Å². The van der Waals surface area contributed by atoms with Crippen molar-refractivity contribution in [2.45, 2.75) is 18.6 Å². The van der Waals surface area contributed by atoms with Crippen LogP contribution in [0.2, 0.25) is 0 Å². The largest absolute Gasteiger partial charge is 0.574 e. The first-order valence-electron chi connectivity index (χ1n) is 4.96. The first-order chi connectivity index (χ1) is 8.80. The normalized spacial score (nSPS) is 11.3. The second-order valence-corrected chi connectivity index (χ2v) is 3.73. The molecule has 0 saturated heterocycles. The van der Waals surface area contributed by atoms with Gasteiger partial charge >= 0.3 is 12.3 Å². The number of carbonyl (C=O) groups excluding carboxylic acids is 1. The van der Waals surface area contributed by atoms with Crippen molar-refractivity contribution in [2.75, 3.05) is 6.61 Å². The monoisotopic (exact) mass is 345 g/mol. The first kappa shape index (κ1) is 15.7. The number of ether oxygens (including phenoxy) is 2. The number of carbonyl (C=O) groups is 1. The van der Waals surface area contributed by atoms with E-state index < -0.39 is 35.2 Å². The molecule has 0 unspecified atom stereocenters. The molecule has 1 aromatic rings. The predicted molar refractivity (Wildman–Crippen MR) is 59.5 cm³/mol. The molecule has 106 valence electrons. The van der Waals surface area contributed by atoms with Crippen molar-refractivity contribution in [3.8, 4) is 5.88 Å². The molecule has 0 bridgehead atoms. The third-order valence-electron chi connectivity index (χ3n) is 1.91. The Morgan fingerprint density at radius 3 is 2.58 bits per heavy atom. The summed E-state index contributed by atoms with van der Waals surface area (Å²) in [4.78, 5) is 14.6. The molecule has 0 aliphatic heterocycles. The fraction of sp³-hybridized carbons (Fsp3) is 0.400. The van der Waals surface area contributed by atoms with Gasteiger partial charge in [0.15, 0.2) is 0 Å². The Bertz CT molecular complexity index is 479. The fourth-order valence-electron chi connectivity index (χ4n) is 1.18. The van der Waals surface area contributed by atoms with Crippen LogP contribution >= 0.6 is 15.9 Å². The van der Waals surface area contributed by atoms with Crippen LogP contribution in [0.25, 0.3) is 0 Å². The van der Waals surface area contributed by atoms with Crippen LogP contribution in [0, 0.1) is 5.82 Å². The van der Waals surface area contributed by atoms with Gasteiger partial charge in [-0.1, -0.05) is 15.9 Å². The van der Waals surface area contributed by atoms with Crippen LogP contribution in [0.1, 0.15) is 22.8 Å². The van der Waals surface area contributed by atoms with E-state index in [-0.39, 0.29) is 11.9 Å². The summed E-state index contributed by atoms with van der Waals surface area (Å²) < 4.78 is 58.2. The van der Waals surface area contributed by atoms with Crippen molar-refractivity contribution in [1.29, 1.82) is 0 Å². The van der Waals surface area contributed by atoms with E-state index >= 15 is 0 Å². The maximum absolute atomic E-state index is 13.9. The topological polar surface area (TPSA) is 48.4 Å². The zero-order valence-electron chi connectivity index (χ0n) is 9.55. The highest BCUT2D eigenvalue weighted by Gasteiger charge is 2.34. The standard InChI is InChI=1S/C10H8BrF4NO3/c1-2-18-9(17)6-4-16-8(19-10(13,14)15)5(3-11)7(6)12/h4H,2-3H2,1H3. The maximum Gasteiger partial charge on any atom is 0.574 e. The van der Waals surface area contributed by atoms with Gasteiger partial charge in [0.2, 0.25) is 5.88 Å². The second-order valence-electron chi connectivity index (χ2n) is 3.17. The van der Waals surface area contributed by atoms with Gasteiger partial charge in [-0.05, 0) is 6.92 Å². The van der Waals surface area contributed by atoms with Crippen molar-refractivity contribution in [3.63, 3.8) is 0 Å². The lowest BCUT2D eigenvalue weighted by Crippen LogP contribution is -2.20. The molecule has 0 spiro atoms. The molecular formula is C10H8BrF4NO3. The van der Waals surface area contributed by atoms with Crippen LogP contribution in [-0.2, 0) is 10.1 Å². The molecule has 4 nitrogen and oxygen atoms in total. The number of esters is 1. The van der Waals surface area contributed by atoms with Crippen LogP contribution in [0.5, 0.6) is 5.88 Å². The van der Waals surface area contributed by atoms with Crippen molar-refractivity contribution in [1.82, 2.24) is 4.98 Å². The van der Waals surface area contributed by atoms with Crippen molar-refractivity contribution < 1.29 is 31.8 Å². The first-order valence-corrected chi connectivity index (χ1v) is 6.08. The van der Waals surface area contributed by atoms with E-state index in [1.807, 2.05) is 0 Å². The summed E-state index contributed by atoms with van der Waals surface area (Å²) in [6.07, 6.45) is -4.36. The number of aromatic nitrogens is 1. The molecular weight excluding hydrogens is 338 g/mol. The Kier molecular flexibility index (Phi) is 5.10. The minimum atomic E-state index is -5.00. The Labute approximate surface area is 113 Å². The summed E-state index contributed by atoms with van der Waals surface area (Å²) in [6.45, 7) is 1.51.